The van der Waals surface area contributed by atoms with E-state index in [1.54, 1.807) is 0 Å². The Morgan fingerprint density at radius 3 is 2.39 bits per heavy atom. The van der Waals surface area contributed by atoms with Crippen molar-refractivity contribution >= 4 is 11.8 Å². The normalized spacial score (nSPS) is 15.6. The molecule has 1 N–H and O–H groups in total. The molecule has 2 amide bonds. The summed E-state index contributed by atoms with van der Waals surface area (Å²) in [4.78, 5) is 29.6. The minimum absolute atomic E-state index is 0.0340. The van der Waals surface area contributed by atoms with Gasteiger partial charge in [0.05, 0.1) is 6.42 Å². The Bertz CT molecular complexity index is 866. The highest BCUT2D eigenvalue weighted by molar-refractivity contribution is 5.82. The predicted molar refractivity (Wildman–Crippen MR) is 135 cm³/mol. The number of carbonyl (C=O) groups excluding carboxylic acids is 2. The Balaban J connectivity index is 1.46. The summed E-state index contributed by atoms with van der Waals surface area (Å²) < 4.78 is 0. The number of hydrogen-bond donors (Lipinski definition) is 1. The number of unbranched alkanes of at least 4 members (excludes halogenated alkanes) is 3. The Labute approximate surface area is 199 Å². The first-order chi connectivity index (χ1) is 16.1. The number of likely N-dealkylation sites (tertiary alicyclic amines) is 1. The van der Waals surface area contributed by atoms with Crippen LogP contribution in [0.4, 0.5) is 0 Å². The second kappa shape index (κ2) is 13.1. The summed E-state index contributed by atoms with van der Waals surface area (Å²) in [5.41, 5.74) is 3.35. The second-order valence-electron chi connectivity index (χ2n) is 9.16. The molecule has 2 aromatic carbocycles. The van der Waals surface area contributed by atoms with E-state index in [0.717, 1.165) is 56.4 Å². The van der Waals surface area contributed by atoms with Gasteiger partial charge in [0.15, 0.2) is 0 Å². The number of amides is 2. The highest BCUT2D eigenvalue weighted by Gasteiger charge is 2.31. The zero-order valence-electron chi connectivity index (χ0n) is 20.3. The molecule has 178 valence electrons. The van der Waals surface area contributed by atoms with Gasteiger partial charge in [-0.1, -0.05) is 67.4 Å². The SMILES string of the molecule is CNCCCCCCN(C)C(=O)CC1CCCN1C(=O)Cc1ccc(-c2ccccc2)cc1. The molecule has 1 unspecified atom stereocenters. The van der Waals surface area contributed by atoms with Gasteiger partial charge < -0.3 is 15.1 Å². The van der Waals surface area contributed by atoms with E-state index in [2.05, 4.69) is 29.6 Å². The fourth-order valence-electron chi connectivity index (χ4n) is 4.58. The lowest BCUT2D eigenvalue weighted by Gasteiger charge is -2.26. The summed E-state index contributed by atoms with van der Waals surface area (Å²) in [6.45, 7) is 2.61. The molecule has 0 aliphatic carbocycles. The zero-order chi connectivity index (χ0) is 23.5. The van der Waals surface area contributed by atoms with Crippen molar-refractivity contribution < 1.29 is 9.59 Å². The molecule has 1 saturated heterocycles. The van der Waals surface area contributed by atoms with Crippen molar-refractivity contribution in [3.05, 3.63) is 60.2 Å². The minimum atomic E-state index is 0.0340. The van der Waals surface area contributed by atoms with Gasteiger partial charge in [-0.25, -0.2) is 0 Å². The Kier molecular flexibility index (Phi) is 9.95. The van der Waals surface area contributed by atoms with E-state index < -0.39 is 0 Å². The molecule has 1 atom stereocenters. The fourth-order valence-corrected chi connectivity index (χ4v) is 4.58. The molecule has 5 nitrogen and oxygen atoms in total. The van der Waals surface area contributed by atoms with Crippen LogP contribution in [0.25, 0.3) is 11.1 Å². The third kappa shape index (κ3) is 7.71. The molecule has 33 heavy (non-hydrogen) atoms. The van der Waals surface area contributed by atoms with Crippen LogP contribution in [-0.4, -0.2) is 61.4 Å². The van der Waals surface area contributed by atoms with Gasteiger partial charge in [-0.05, 0) is 56.0 Å². The van der Waals surface area contributed by atoms with Crippen LogP contribution < -0.4 is 5.32 Å². The van der Waals surface area contributed by atoms with Crippen LogP contribution >= 0.6 is 0 Å². The molecule has 1 aliphatic heterocycles. The van der Waals surface area contributed by atoms with E-state index in [1.165, 1.54) is 18.4 Å². The molecule has 0 aromatic heterocycles. The Morgan fingerprint density at radius 2 is 1.67 bits per heavy atom. The number of nitrogens with one attached hydrogen (secondary N) is 1. The van der Waals surface area contributed by atoms with Crippen molar-refractivity contribution in [3.8, 4) is 11.1 Å². The molecule has 2 aromatic rings. The van der Waals surface area contributed by atoms with Crippen LogP contribution in [0.2, 0.25) is 0 Å². The quantitative estimate of drug-likeness (QED) is 0.485. The van der Waals surface area contributed by atoms with Gasteiger partial charge in [0.2, 0.25) is 11.8 Å². The summed E-state index contributed by atoms with van der Waals surface area (Å²) in [7, 11) is 3.87. The van der Waals surface area contributed by atoms with Crippen LogP contribution in [-0.2, 0) is 16.0 Å². The van der Waals surface area contributed by atoms with Crippen molar-refractivity contribution in [2.75, 3.05) is 33.7 Å². The zero-order valence-corrected chi connectivity index (χ0v) is 20.3. The topological polar surface area (TPSA) is 52.7 Å². The summed E-state index contributed by atoms with van der Waals surface area (Å²) in [5, 5.41) is 3.17. The van der Waals surface area contributed by atoms with Gasteiger partial charge in [0, 0.05) is 32.6 Å². The smallest absolute Gasteiger partial charge is 0.227 e. The minimum Gasteiger partial charge on any atom is -0.346 e. The lowest BCUT2D eigenvalue weighted by molar-refractivity contribution is -0.134. The number of benzene rings is 2. The Hall–Kier alpha value is -2.66. The summed E-state index contributed by atoms with van der Waals surface area (Å²) in [6.07, 6.45) is 7.29. The monoisotopic (exact) mass is 449 g/mol. The van der Waals surface area contributed by atoms with Gasteiger partial charge >= 0.3 is 0 Å². The van der Waals surface area contributed by atoms with E-state index in [-0.39, 0.29) is 17.9 Å². The molecule has 5 heteroatoms. The summed E-state index contributed by atoms with van der Waals surface area (Å²) >= 11 is 0. The maximum atomic E-state index is 13.0. The molecule has 0 spiro atoms. The average Bonchev–Trinajstić information content (AvgIpc) is 3.30. The van der Waals surface area contributed by atoms with Gasteiger partial charge in [0.25, 0.3) is 0 Å². The van der Waals surface area contributed by atoms with E-state index in [4.69, 9.17) is 0 Å². The number of carbonyl (C=O) groups is 2. The highest BCUT2D eigenvalue weighted by atomic mass is 16.2. The van der Waals surface area contributed by atoms with Crippen LogP contribution in [0, 0.1) is 0 Å². The maximum Gasteiger partial charge on any atom is 0.227 e. The molecular weight excluding hydrogens is 410 g/mol. The molecule has 3 rings (SSSR count). The van der Waals surface area contributed by atoms with Crippen LogP contribution in [0.5, 0.6) is 0 Å². The first-order valence-corrected chi connectivity index (χ1v) is 12.4. The molecule has 0 saturated carbocycles. The van der Waals surface area contributed by atoms with Crippen LogP contribution in [0.1, 0.15) is 50.5 Å². The molecule has 1 heterocycles. The fraction of sp³-hybridized carbons (Fsp3) is 0.500. The Morgan fingerprint density at radius 1 is 0.970 bits per heavy atom. The van der Waals surface area contributed by atoms with Crippen LogP contribution in [0.3, 0.4) is 0 Å². The predicted octanol–water partition coefficient (Wildman–Crippen LogP) is 4.52. The van der Waals surface area contributed by atoms with Gasteiger partial charge in [-0.15, -0.1) is 0 Å². The van der Waals surface area contributed by atoms with Crippen molar-refractivity contribution in [3.63, 3.8) is 0 Å². The number of rotatable bonds is 12. The van der Waals surface area contributed by atoms with Gasteiger partial charge in [0.1, 0.15) is 0 Å². The van der Waals surface area contributed by atoms with Crippen molar-refractivity contribution in [2.45, 2.75) is 57.4 Å². The number of hydrogen-bond acceptors (Lipinski definition) is 3. The lowest BCUT2D eigenvalue weighted by atomic mass is 10.0. The average molecular weight is 450 g/mol. The summed E-state index contributed by atoms with van der Waals surface area (Å²) in [6, 6.07) is 18.5. The third-order valence-corrected chi connectivity index (χ3v) is 6.62. The molecular formula is C28H39N3O2. The first kappa shape index (κ1) is 25.0. The molecule has 1 aliphatic rings. The molecule has 0 bridgehead atoms. The number of nitrogens with zero attached hydrogens (tertiary/aromatic N) is 2. The second-order valence-corrected chi connectivity index (χ2v) is 9.16. The third-order valence-electron chi connectivity index (χ3n) is 6.62. The summed E-state index contributed by atoms with van der Waals surface area (Å²) in [5.74, 6) is 0.284. The lowest BCUT2D eigenvalue weighted by Crippen LogP contribution is -2.40. The van der Waals surface area contributed by atoms with Gasteiger partial charge in [-0.3, -0.25) is 9.59 Å². The van der Waals surface area contributed by atoms with E-state index in [9.17, 15) is 9.59 Å². The van der Waals surface area contributed by atoms with Crippen molar-refractivity contribution in [1.29, 1.82) is 0 Å². The standard InChI is InChI=1S/C28H39N3O2/c1-29-18-8-3-4-9-19-30(2)27(32)22-26-13-10-20-31(26)28(33)21-23-14-16-25(17-15-23)24-11-6-5-7-12-24/h5-7,11-12,14-17,26,29H,3-4,8-10,13,18-22H2,1-2H3. The van der Waals surface area contributed by atoms with Crippen molar-refractivity contribution in [1.82, 2.24) is 15.1 Å². The first-order valence-electron chi connectivity index (χ1n) is 12.4. The molecule has 1 fully saturated rings. The van der Waals surface area contributed by atoms with Gasteiger partial charge in [-0.2, -0.15) is 0 Å². The van der Waals surface area contributed by atoms with Crippen LogP contribution in [0.15, 0.2) is 54.6 Å². The van der Waals surface area contributed by atoms with E-state index in [0.29, 0.717) is 12.8 Å². The van der Waals surface area contributed by atoms with E-state index in [1.807, 2.05) is 54.2 Å². The molecule has 0 radical (unpaired) electrons. The van der Waals surface area contributed by atoms with E-state index >= 15 is 0 Å². The largest absolute Gasteiger partial charge is 0.346 e. The highest BCUT2D eigenvalue weighted by Crippen LogP contribution is 2.23. The maximum absolute atomic E-state index is 13.0. The van der Waals surface area contributed by atoms with Crippen molar-refractivity contribution in [2.24, 2.45) is 0 Å².